The van der Waals surface area contributed by atoms with Gasteiger partial charge in [-0.2, -0.15) is 4.79 Å². The van der Waals surface area contributed by atoms with Crippen LogP contribution in [-0.4, -0.2) is 27.2 Å². The summed E-state index contributed by atoms with van der Waals surface area (Å²) in [6.07, 6.45) is 9.46. The van der Waals surface area contributed by atoms with Crippen LogP contribution < -0.4 is 4.91 Å². The van der Waals surface area contributed by atoms with Gasteiger partial charge in [-0.1, -0.05) is 24.3 Å². The van der Waals surface area contributed by atoms with Crippen LogP contribution in [0.4, 0.5) is 9.18 Å². The number of amides is 1. The Labute approximate surface area is 179 Å². The summed E-state index contributed by atoms with van der Waals surface area (Å²) >= 11 is 0. The molecule has 2 saturated carbocycles. The fraction of sp³-hybridized carbons (Fsp3) is 0.391. The van der Waals surface area contributed by atoms with E-state index in [2.05, 4.69) is 21.2 Å². The summed E-state index contributed by atoms with van der Waals surface area (Å²) in [6, 6.07) is 10.2. The molecule has 2 aliphatic rings. The van der Waals surface area contributed by atoms with Crippen LogP contribution in [0.15, 0.2) is 53.9 Å². The van der Waals surface area contributed by atoms with Crippen molar-refractivity contribution in [3.05, 3.63) is 60.2 Å². The van der Waals surface area contributed by atoms with Crippen LogP contribution in [0.3, 0.4) is 0 Å². The van der Waals surface area contributed by atoms with Crippen LogP contribution in [0, 0.1) is 29.1 Å². The van der Waals surface area contributed by atoms with Crippen molar-refractivity contribution in [2.75, 3.05) is 0 Å². The van der Waals surface area contributed by atoms with Gasteiger partial charge in [0.2, 0.25) is 5.22 Å². The minimum absolute atomic E-state index is 0.201. The van der Waals surface area contributed by atoms with Gasteiger partial charge in [0.15, 0.2) is 0 Å². The van der Waals surface area contributed by atoms with Crippen LogP contribution in [0.2, 0.25) is 0 Å². The molecule has 4 atom stereocenters. The minimum atomic E-state index is -1.15. The average molecular weight is 422 g/mol. The molecule has 1 amide bonds. The summed E-state index contributed by atoms with van der Waals surface area (Å²) in [4.78, 5) is 18.8. The summed E-state index contributed by atoms with van der Waals surface area (Å²) in [5.74, 6) is 1.18. The second-order valence-corrected chi connectivity index (χ2v) is 8.29. The molecule has 1 aromatic heterocycles. The Morgan fingerprint density at radius 3 is 2.81 bits per heavy atom. The maximum absolute atomic E-state index is 13.4. The molecule has 2 unspecified atom stereocenters. The van der Waals surface area contributed by atoms with Gasteiger partial charge >= 0.3 is 6.09 Å². The van der Waals surface area contributed by atoms with Crippen molar-refractivity contribution in [2.45, 2.75) is 38.1 Å². The third-order valence-electron chi connectivity index (χ3n) is 6.58. The molecule has 160 valence electrons. The normalized spacial score (nSPS) is 25.1. The number of carboxylic acid groups (broad SMARTS) is 1. The van der Waals surface area contributed by atoms with E-state index in [0.717, 1.165) is 53.9 Å². The predicted octanol–water partition coefficient (Wildman–Crippen LogP) is 5.54. The van der Waals surface area contributed by atoms with Gasteiger partial charge in [-0.25, -0.2) is 4.39 Å². The molecule has 1 heterocycles. The lowest BCUT2D eigenvalue weighted by atomic mass is 9.75. The van der Waals surface area contributed by atoms with E-state index in [0.29, 0.717) is 17.8 Å². The lowest BCUT2D eigenvalue weighted by Gasteiger charge is -2.32. The molecule has 2 N–H and O–H groups in total. The summed E-state index contributed by atoms with van der Waals surface area (Å²) in [7, 11) is 0. The molecular weight excluding hydrogens is 397 g/mol. The number of nitrogens with one attached hydrogen (secondary N) is 1. The van der Waals surface area contributed by atoms with E-state index in [1.807, 2.05) is 24.3 Å². The quantitative estimate of drug-likeness (QED) is 0.375. The predicted molar refractivity (Wildman–Crippen MR) is 113 cm³/mol. The first-order valence-electron chi connectivity index (χ1n) is 10.5. The molecular formula is C23H25FN5O2+. The van der Waals surface area contributed by atoms with Crippen molar-refractivity contribution in [3.63, 3.8) is 0 Å². The van der Waals surface area contributed by atoms with Crippen LogP contribution in [-0.2, 0) is 0 Å². The van der Waals surface area contributed by atoms with Crippen LogP contribution in [0.5, 0.6) is 0 Å². The highest BCUT2D eigenvalue weighted by atomic mass is 19.1. The number of hydrogen-bond donors (Lipinski definition) is 2. The zero-order valence-corrected chi connectivity index (χ0v) is 17.1. The SMILES string of the molecule is N=[N+]=NN(C(=O)O)C1CC[C@H]2C(C=Cc3ccc(-c4cccc(F)c4)cn3)CC[C@@H]2C1. The van der Waals surface area contributed by atoms with Crippen molar-refractivity contribution >= 4 is 12.2 Å². The van der Waals surface area contributed by atoms with Crippen LogP contribution in [0.25, 0.3) is 17.2 Å². The number of pyridine rings is 1. The zero-order valence-electron chi connectivity index (χ0n) is 17.1. The highest BCUT2D eigenvalue weighted by molar-refractivity contribution is 5.65. The number of halogens is 1. The number of rotatable bonds is 5. The summed E-state index contributed by atoms with van der Waals surface area (Å²) in [5.41, 5.74) is 9.40. The molecule has 4 rings (SSSR count). The van der Waals surface area contributed by atoms with E-state index >= 15 is 0 Å². The van der Waals surface area contributed by atoms with E-state index in [4.69, 9.17) is 5.53 Å². The largest absolute Gasteiger partial charge is 0.526 e. The van der Waals surface area contributed by atoms with E-state index < -0.39 is 6.09 Å². The van der Waals surface area contributed by atoms with Gasteiger partial charge in [0, 0.05) is 11.8 Å². The van der Waals surface area contributed by atoms with E-state index in [1.165, 1.54) is 12.1 Å². The second kappa shape index (κ2) is 9.18. The Morgan fingerprint density at radius 1 is 1.23 bits per heavy atom. The maximum atomic E-state index is 13.4. The number of aromatic nitrogens is 1. The van der Waals surface area contributed by atoms with Crippen molar-refractivity contribution in [1.29, 1.82) is 5.53 Å². The average Bonchev–Trinajstić information content (AvgIpc) is 3.18. The van der Waals surface area contributed by atoms with E-state index in [1.54, 1.807) is 12.3 Å². The molecule has 31 heavy (non-hydrogen) atoms. The Kier molecular flexibility index (Phi) is 6.18. The van der Waals surface area contributed by atoms with Gasteiger partial charge in [0.25, 0.3) is 0 Å². The first-order valence-corrected chi connectivity index (χ1v) is 10.5. The molecule has 0 radical (unpaired) electrons. The molecule has 0 aliphatic heterocycles. The maximum Gasteiger partial charge on any atom is 0.526 e. The number of allylic oxidation sites excluding steroid dienone is 1. The Morgan fingerprint density at radius 2 is 2.10 bits per heavy atom. The molecule has 8 heteroatoms. The number of hydrogen-bond acceptors (Lipinski definition) is 4. The van der Waals surface area contributed by atoms with E-state index in [9.17, 15) is 14.3 Å². The van der Waals surface area contributed by atoms with Gasteiger partial charge in [0.05, 0.1) is 10.6 Å². The van der Waals surface area contributed by atoms with Crippen molar-refractivity contribution in [2.24, 2.45) is 23.0 Å². The molecule has 2 aromatic rings. The fourth-order valence-corrected chi connectivity index (χ4v) is 5.12. The molecule has 2 fully saturated rings. The number of fused-ring (bicyclic) bond motifs is 1. The zero-order chi connectivity index (χ0) is 21.8. The standard InChI is InChI=1S/C23H24FN5O2/c24-19-3-1-2-16(12-19)18-7-9-20(26-14-18)8-6-15-4-5-17-13-21(10-11-22(15)17)29(23(30)31)28-27-25/h1-3,6-9,12,14-15,17,21-22,25H,4-5,10-11,13H2/p+1/t15?,17-,21?,22+/m1/s1. The van der Waals surface area contributed by atoms with E-state index in [-0.39, 0.29) is 11.9 Å². The second-order valence-electron chi connectivity index (χ2n) is 8.29. The molecule has 0 saturated heterocycles. The number of nitrogens with zero attached hydrogens (tertiary/aromatic N) is 4. The smallest absolute Gasteiger partial charge is 0.445 e. The molecule has 7 nitrogen and oxygen atoms in total. The van der Waals surface area contributed by atoms with Gasteiger partial charge in [-0.15, -0.1) is 0 Å². The Balaban J connectivity index is 1.39. The minimum Gasteiger partial charge on any atom is -0.445 e. The van der Waals surface area contributed by atoms with Crippen LogP contribution >= 0.6 is 0 Å². The fourth-order valence-electron chi connectivity index (χ4n) is 5.12. The monoisotopic (exact) mass is 422 g/mol. The summed E-state index contributed by atoms with van der Waals surface area (Å²) in [5, 5.41) is 13.7. The number of benzene rings is 1. The van der Waals surface area contributed by atoms with Gasteiger partial charge in [-0.3, -0.25) is 4.98 Å². The van der Waals surface area contributed by atoms with Crippen molar-refractivity contribution < 1.29 is 14.3 Å². The Hall–Kier alpha value is -3.38. The molecule has 0 spiro atoms. The topological polar surface area (TPSA) is 104 Å². The molecule has 0 bridgehead atoms. The number of carbonyl (C=O) groups is 1. The first kappa shape index (κ1) is 20.9. The first-order chi connectivity index (χ1) is 15.0. The highest BCUT2D eigenvalue weighted by Gasteiger charge is 2.44. The Bertz CT molecular complexity index is 1020. The van der Waals surface area contributed by atoms with Crippen LogP contribution in [0.1, 0.15) is 37.8 Å². The van der Waals surface area contributed by atoms with Gasteiger partial charge < -0.3 is 5.11 Å². The lowest BCUT2D eigenvalue weighted by Crippen LogP contribution is -2.40. The molecule has 1 aromatic carbocycles. The third kappa shape index (κ3) is 4.70. The summed E-state index contributed by atoms with van der Waals surface area (Å²) in [6.45, 7) is 0. The van der Waals surface area contributed by atoms with Crippen molar-refractivity contribution in [3.8, 4) is 11.1 Å². The highest BCUT2D eigenvalue weighted by Crippen LogP contribution is 2.47. The molecule has 2 aliphatic carbocycles. The van der Waals surface area contributed by atoms with Crippen molar-refractivity contribution in [1.82, 2.24) is 14.9 Å². The van der Waals surface area contributed by atoms with Gasteiger partial charge in [-0.05, 0) is 90.2 Å². The lowest BCUT2D eigenvalue weighted by molar-refractivity contribution is 0.0820. The third-order valence-corrected chi connectivity index (χ3v) is 6.58. The van der Waals surface area contributed by atoms with Gasteiger partial charge in [0.1, 0.15) is 11.9 Å². The summed E-state index contributed by atoms with van der Waals surface area (Å²) < 4.78 is 13.4.